The molecule has 1 aliphatic rings. The van der Waals surface area contributed by atoms with Crippen molar-refractivity contribution >= 4 is 28.8 Å². The molecule has 35 heavy (non-hydrogen) atoms. The minimum absolute atomic E-state index is 0.272. The Morgan fingerprint density at radius 1 is 0.857 bits per heavy atom. The first-order chi connectivity index (χ1) is 16.8. The van der Waals surface area contributed by atoms with Crippen molar-refractivity contribution in [3.8, 4) is 5.75 Å². The van der Waals surface area contributed by atoms with Gasteiger partial charge in [-0.25, -0.2) is 4.90 Å². The van der Waals surface area contributed by atoms with Crippen molar-refractivity contribution in [1.82, 2.24) is 0 Å². The lowest BCUT2D eigenvalue weighted by Crippen LogP contribution is -2.32. The van der Waals surface area contributed by atoms with Gasteiger partial charge in [-0.3, -0.25) is 9.59 Å². The van der Waals surface area contributed by atoms with Gasteiger partial charge in [0.15, 0.2) is 0 Å². The van der Waals surface area contributed by atoms with Crippen LogP contribution in [0.4, 0.5) is 11.4 Å². The van der Waals surface area contributed by atoms with Crippen LogP contribution in [-0.4, -0.2) is 18.4 Å². The summed E-state index contributed by atoms with van der Waals surface area (Å²) in [6.45, 7) is 10.9. The van der Waals surface area contributed by atoms with Gasteiger partial charge in [-0.05, 0) is 84.8 Å². The van der Waals surface area contributed by atoms with E-state index in [9.17, 15) is 9.59 Å². The van der Waals surface area contributed by atoms with Gasteiger partial charge in [-0.2, -0.15) is 0 Å². The van der Waals surface area contributed by atoms with E-state index < -0.39 is 0 Å². The van der Waals surface area contributed by atoms with Crippen molar-refractivity contribution in [3.05, 3.63) is 94.7 Å². The van der Waals surface area contributed by atoms with Gasteiger partial charge < -0.3 is 10.1 Å². The number of anilines is 2. The molecular weight excluding hydrogens is 436 g/mol. The first-order valence-electron chi connectivity index (χ1n) is 12.1. The molecule has 2 amide bonds. The number of ether oxygens (including phenoxy) is 1. The number of benzene rings is 3. The number of hydrogen-bond acceptors (Lipinski definition) is 4. The van der Waals surface area contributed by atoms with E-state index in [1.54, 1.807) is 0 Å². The predicted molar refractivity (Wildman–Crippen MR) is 142 cm³/mol. The summed E-state index contributed by atoms with van der Waals surface area (Å²) >= 11 is 0. The minimum Gasteiger partial charge on any atom is -0.494 e. The van der Waals surface area contributed by atoms with Crippen molar-refractivity contribution < 1.29 is 14.3 Å². The number of carbonyl (C=O) groups is 2. The zero-order valence-corrected chi connectivity index (χ0v) is 21.0. The summed E-state index contributed by atoms with van der Waals surface area (Å²) in [7, 11) is 0. The minimum atomic E-state index is -0.366. The first kappa shape index (κ1) is 24.3. The number of carbonyl (C=O) groups excluding carboxylic acids is 2. The van der Waals surface area contributed by atoms with E-state index in [0.717, 1.165) is 29.0 Å². The summed E-state index contributed by atoms with van der Waals surface area (Å²) in [5, 5.41) is 3.25. The van der Waals surface area contributed by atoms with Crippen LogP contribution >= 0.6 is 0 Å². The quantitative estimate of drug-likeness (QED) is 0.378. The molecule has 3 aromatic rings. The standard InChI is InChI=1S/C30H32N2O3/c1-6-15-35-26-13-9-23(10-14-26)27-28(31-24-11-7-22(8-12-24)19(2)3)30(34)32(29(27)33)25-17-20(4)16-21(5)18-25/h7-14,16-19,31H,6,15H2,1-5H3. The largest absolute Gasteiger partial charge is 0.494 e. The van der Waals surface area contributed by atoms with Crippen LogP contribution in [-0.2, 0) is 9.59 Å². The van der Waals surface area contributed by atoms with Crippen LogP contribution in [0.15, 0.2) is 72.4 Å². The van der Waals surface area contributed by atoms with Gasteiger partial charge in [0.1, 0.15) is 11.4 Å². The summed E-state index contributed by atoms with van der Waals surface area (Å²) in [6.07, 6.45) is 0.911. The Morgan fingerprint density at radius 2 is 1.49 bits per heavy atom. The number of imide groups is 1. The highest BCUT2D eigenvalue weighted by Crippen LogP contribution is 2.35. The molecule has 3 aromatic carbocycles. The normalized spacial score (nSPS) is 13.7. The Balaban J connectivity index is 1.76. The molecular formula is C30H32N2O3. The number of nitrogens with one attached hydrogen (secondary N) is 1. The van der Waals surface area contributed by atoms with E-state index in [2.05, 4.69) is 26.1 Å². The van der Waals surface area contributed by atoms with Crippen molar-refractivity contribution in [1.29, 1.82) is 0 Å². The fourth-order valence-electron chi connectivity index (χ4n) is 4.26. The van der Waals surface area contributed by atoms with Gasteiger partial charge in [-0.15, -0.1) is 0 Å². The molecule has 0 atom stereocenters. The number of aryl methyl sites for hydroxylation is 2. The maximum absolute atomic E-state index is 13.7. The van der Waals surface area contributed by atoms with Gasteiger partial charge >= 0.3 is 0 Å². The smallest absolute Gasteiger partial charge is 0.282 e. The lowest BCUT2D eigenvalue weighted by Gasteiger charge is -2.17. The Morgan fingerprint density at radius 3 is 2.06 bits per heavy atom. The van der Waals surface area contributed by atoms with Crippen LogP contribution in [0.25, 0.3) is 5.57 Å². The van der Waals surface area contributed by atoms with E-state index in [-0.39, 0.29) is 17.5 Å². The van der Waals surface area contributed by atoms with E-state index in [1.807, 2.05) is 80.6 Å². The molecule has 1 N–H and O–H groups in total. The molecule has 0 aromatic heterocycles. The molecule has 5 heteroatoms. The zero-order valence-electron chi connectivity index (χ0n) is 21.0. The average Bonchev–Trinajstić information content (AvgIpc) is 3.07. The highest BCUT2D eigenvalue weighted by molar-refractivity contribution is 6.46. The molecule has 0 radical (unpaired) electrons. The monoisotopic (exact) mass is 468 g/mol. The Bertz CT molecular complexity index is 1250. The van der Waals surface area contributed by atoms with Crippen LogP contribution in [0.3, 0.4) is 0 Å². The molecule has 0 spiro atoms. The second kappa shape index (κ2) is 10.2. The van der Waals surface area contributed by atoms with Crippen molar-refractivity contribution in [2.45, 2.75) is 47.0 Å². The van der Waals surface area contributed by atoms with Crippen molar-refractivity contribution in [3.63, 3.8) is 0 Å². The van der Waals surface area contributed by atoms with Crippen LogP contribution in [0.2, 0.25) is 0 Å². The number of amides is 2. The molecule has 0 aliphatic carbocycles. The van der Waals surface area contributed by atoms with Crippen molar-refractivity contribution in [2.24, 2.45) is 0 Å². The molecule has 1 heterocycles. The maximum Gasteiger partial charge on any atom is 0.282 e. The van der Waals surface area contributed by atoms with Gasteiger partial charge in [-0.1, -0.05) is 51.1 Å². The van der Waals surface area contributed by atoms with Gasteiger partial charge in [0.25, 0.3) is 11.8 Å². The first-order valence-corrected chi connectivity index (χ1v) is 12.1. The second-order valence-corrected chi connectivity index (χ2v) is 9.32. The SMILES string of the molecule is CCCOc1ccc(C2=C(Nc3ccc(C(C)C)cc3)C(=O)N(c3cc(C)cc(C)c3)C2=O)cc1. The van der Waals surface area contributed by atoms with Crippen molar-refractivity contribution in [2.75, 3.05) is 16.8 Å². The summed E-state index contributed by atoms with van der Waals surface area (Å²) in [4.78, 5) is 28.7. The molecule has 0 saturated heterocycles. The van der Waals surface area contributed by atoms with E-state index in [1.165, 1.54) is 10.5 Å². The average molecular weight is 469 g/mol. The summed E-state index contributed by atoms with van der Waals surface area (Å²) in [5.74, 6) is 0.428. The Kier molecular flexibility index (Phi) is 7.06. The lowest BCUT2D eigenvalue weighted by molar-refractivity contribution is -0.120. The third-order valence-electron chi connectivity index (χ3n) is 6.01. The predicted octanol–water partition coefficient (Wildman–Crippen LogP) is 6.61. The van der Waals surface area contributed by atoms with Crippen LogP contribution in [0, 0.1) is 13.8 Å². The highest BCUT2D eigenvalue weighted by atomic mass is 16.5. The number of hydrogen-bond donors (Lipinski definition) is 1. The Hall–Kier alpha value is -3.86. The third kappa shape index (κ3) is 5.14. The van der Waals surface area contributed by atoms with E-state index in [0.29, 0.717) is 29.3 Å². The third-order valence-corrected chi connectivity index (χ3v) is 6.01. The molecule has 0 unspecified atom stereocenters. The summed E-state index contributed by atoms with van der Waals surface area (Å²) in [6, 6.07) is 21.1. The molecule has 0 bridgehead atoms. The lowest BCUT2D eigenvalue weighted by atomic mass is 10.0. The Labute approximate surface area is 207 Å². The second-order valence-electron chi connectivity index (χ2n) is 9.32. The van der Waals surface area contributed by atoms with Gasteiger partial charge in [0.2, 0.25) is 0 Å². The van der Waals surface area contributed by atoms with Crippen LogP contribution in [0.5, 0.6) is 5.75 Å². The molecule has 0 fully saturated rings. The molecule has 5 nitrogen and oxygen atoms in total. The molecule has 4 rings (SSSR count). The van der Waals surface area contributed by atoms with Gasteiger partial charge in [0, 0.05) is 5.69 Å². The number of nitrogens with zero attached hydrogens (tertiary/aromatic N) is 1. The summed E-state index contributed by atoms with van der Waals surface area (Å²) in [5.41, 5.74) is 5.81. The van der Waals surface area contributed by atoms with E-state index >= 15 is 0 Å². The van der Waals surface area contributed by atoms with Crippen LogP contribution in [0.1, 0.15) is 55.4 Å². The fourth-order valence-corrected chi connectivity index (χ4v) is 4.26. The molecule has 1 aliphatic heterocycles. The van der Waals surface area contributed by atoms with Crippen LogP contribution < -0.4 is 15.0 Å². The van der Waals surface area contributed by atoms with Gasteiger partial charge in [0.05, 0.1) is 17.9 Å². The van der Waals surface area contributed by atoms with E-state index in [4.69, 9.17) is 4.74 Å². The highest BCUT2D eigenvalue weighted by Gasteiger charge is 2.40. The molecule has 0 saturated carbocycles. The zero-order chi connectivity index (χ0) is 25.1. The fraction of sp³-hybridized carbons (Fsp3) is 0.267. The topological polar surface area (TPSA) is 58.6 Å². The molecule has 180 valence electrons. The maximum atomic E-state index is 13.7. The number of rotatable bonds is 8. The summed E-state index contributed by atoms with van der Waals surface area (Å²) < 4.78 is 5.70.